The molecule has 0 aromatic carbocycles. The Hall–Kier alpha value is -0.410. The predicted octanol–water partition coefficient (Wildman–Crippen LogP) is 1.47. The van der Waals surface area contributed by atoms with Crippen molar-refractivity contribution in [2.24, 2.45) is 5.92 Å². The van der Waals surface area contributed by atoms with Gasteiger partial charge in [0.15, 0.2) is 0 Å². The van der Waals surface area contributed by atoms with Crippen LogP contribution in [0.2, 0.25) is 0 Å². The van der Waals surface area contributed by atoms with Crippen LogP contribution in [0, 0.1) is 5.92 Å². The standard InChI is InChI=1S/C6H12O.C4H11NO/c1-3-4-6(2)5-7;1-5-3-4-6-2/h5-6H,3-4H2,1-2H3;5H,3-4H2,1-2H3. The van der Waals surface area contributed by atoms with Crippen LogP contribution in [0.15, 0.2) is 0 Å². The molecule has 0 amide bonds. The van der Waals surface area contributed by atoms with E-state index in [-0.39, 0.29) is 5.92 Å². The van der Waals surface area contributed by atoms with Gasteiger partial charge in [-0.2, -0.15) is 0 Å². The van der Waals surface area contributed by atoms with Gasteiger partial charge in [-0.1, -0.05) is 20.3 Å². The van der Waals surface area contributed by atoms with Gasteiger partial charge in [-0.3, -0.25) is 0 Å². The quantitative estimate of drug-likeness (QED) is 0.508. The minimum Gasteiger partial charge on any atom is -0.383 e. The molecule has 0 rings (SSSR count). The summed E-state index contributed by atoms with van der Waals surface area (Å²) in [7, 11) is 3.59. The molecule has 13 heavy (non-hydrogen) atoms. The van der Waals surface area contributed by atoms with Crippen LogP contribution >= 0.6 is 0 Å². The third kappa shape index (κ3) is 18.5. The summed E-state index contributed by atoms with van der Waals surface area (Å²) < 4.78 is 4.72. The molecule has 0 heterocycles. The average Bonchev–Trinajstić information content (AvgIpc) is 2.16. The molecule has 0 saturated heterocycles. The highest BCUT2D eigenvalue weighted by molar-refractivity contribution is 5.52. The molecule has 0 aliphatic heterocycles. The molecule has 0 aliphatic carbocycles. The number of hydrogen-bond acceptors (Lipinski definition) is 3. The van der Waals surface area contributed by atoms with Gasteiger partial charge in [-0.15, -0.1) is 0 Å². The van der Waals surface area contributed by atoms with Gasteiger partial charge in [0.25, 0.3) is 0 Å². The van der Waals surface area contributed by atoms with Crippen LogP contribution in [0.4, 0.5) is 0 Å². The molecule has 80 valence electrons. The smallest absolute Gasteiger partial charge is 0.122 e. The third-order valence-electron chi connectivity index (χ3n) is 1.53. The molecule has 0 spiro atoms. The second-order valence-electron chi connectivity index (χ2n) is 3.00. The SMILES string of the molecule is CCCC(C)C=O.CNCCOC. The van der Waals surface area contributed by atoms with Crippen molar-refractivity contribution in [1.29, 1.82) is 0 Å². The first-order chi connectivity index (χ1) is 6.22. The molecule has 0 fully saturated rings. The largest absolute Gasteiger partial charge is 0.383 e. The summed E-state index contributed by atoms with van der Waals surface area (Å²) in [4.78, 5) is 9.89. The fourth-order valence-corrected chi connectivity index (χ4v) is 0.728. The van der Waals surface area contributed by atoms with Gasteiger partial charge in [0.1, 0.15) is 6.29 Å². The number of nitrogens with one attached hydrogen (secondary N) is 1. The van der Waals surface area contributed by atoms with E-state index in [1.807, 2.05) is 14.0 Å². The number of aldehydes is 1. The third-order valence-corrected chi connectivity index (χ3v) is 1.53. The Balaban J connectivity index is 0. The summed E-state index contributed by atoms with van der Waals surface area (Å²) >= 11 is 0. The topological polar surface area (TPSA) is 38.3 Å². The van der Waals surface area contributed by atoms with E-state index in [0.717, 1.165) is 32.3 Å². The molecule has 0 aromatic rings. The van der Waals surface area contributed by atoms with Crippen LogP contribution in [0.1, 0.15) is 26.7 Å². The van der Waals surface area contributed by atoms with E-state index in [1.165, 1.54) is 0 Å². The molecule has 0 aromatic heterocycles. The van der Waals surface area contributed by atoms with Crippen LogP contribution in [0.5, 0.6) is 0 Å². The zero-order chi connectivity index (χ0) is 10.5. The Morgan fingerprint density at radius 2 is 2.15 bits per heavy atom. The number of likely N-dealkylation sites (N-methyl/N-ethyl adjacent to an activating group) is 1. The van der Waals surface area contributed by atoms with Crippen molar-refractivity contribution in [2.75, 3.05) is 27.3 Å². The van der Waals surface area contributed by atoms with E-state index in [9.17, 15) is 4.79 Å². The van der Waals surface area contributed by atoms with Crippen LogP contribution < -0.4 is 5.32 Å². The summed E-state index contributed by atoms with van der Waals surface area (Å²) in [5, 5.41) is 2.94. The van der Waals surface area contributed by atoms with Crippen molar-refractivity contribution in [3.63, 3.8) is 0 Å². The monoisotopic (exact) mass is 189 g/mol. The van der Waals surface area contributed by atoms with E-state index in [2.05, 4.69) is 12.2 Å². The predicted molar refractivity (Wildman–Crippen MR) is 55.9 cm³/mol. The second kappa shape index (κ2) is 14.1. The Kier molecular flexibility index (Phi) is 16.4. The van der Waals surface area contributed by atoms with Crippen LogP contribution in [-0.2, 0) is 9.53 Å². The van der Waals surface area contributed by atoms with Gasteiger partial charge in [0.2, 0.25) is 0 Å². The molecule has 3 heteroatoms. The highest BCUT2D eigenvalue weighted by Crippen LogP contribution is 1.98. The highest BCUT2D eigenvalue weighted by Gasteiger charge is 1.93. The van der Waals surface area contributed by atoms with Crippen LogP contribution in [-0.4, -0.2) is 33.6 Å². The van der Waals surface area contributed by atoms with Gasteiger partial charge < -0.3 is 14.8 Å². The fraction of sp³-hybridized carbons (Fsp3) is 0.900. The molecular formula is C10H23NO2. The lowest BCUT2D eigenvalue weighted by Gasteiger charge is -1.94. The maximum Gasteiger partial charge on any atom is 0.122 e. The number of rotatable bonds is 6. The highest BCUT2D eigenvalue weighted by atomic mass is 16.5. The Labute approximate surface area is 81.9 Å². The van der Waals surface area contributed by atoms with Crippen molar-refractivity contribution in [1.82, 2.24) is 5.32 Å². The van der Waals surface area contributed by atoms with Crippen LogP contribution in [0.3, 0.4) is 0 Å². The number of carbonyl (C=O) groups is 1. The molecule has 0 radical (unpaired) electrons. The summed E-state index contributed by atoms with van der Waals surface area (Å²) in [6.07, 6.45) is 3.15. The lowest BCUT2D eigenvalue weighted by Crippen LogP contribution is -2.12. The first kappa shape index (κ1) is 15.1. The molecule has 3 nitrogen and oxygen atoms in total. The zero-order valence-corrected chi connectivity index (χ0v) is 9.30. The number of hydrogen-bond donors (Lipinski definition) is 1. The number of methoxy groups -OCH3 is 1. The lowest BCUT2D eigenvalue weighted by atomic mass is 10.1. The lowest BCUT2D eigenvalue weighted by molar-refractivity contribution is -0.110. The van der Waals surface area contributed by atoms with Crippen molar-refractivity contribution < 1.29 is 9.53 Å². The van der Waals surface area contributed by atoms with Crippen molar-refractivity contribution in [2.45, 2.75) is 26.7 Å². The Bertz CT molecular complexity index is 92.9. The first-order valence-corrected chi connectivity index (χ1v) is 4.81. The summed E-state index contributed by atoms with van der Waals surface area (Å²) in [6, 6.07) is 0. The van der Waals surface area contributed by atoms with Gasteiger partial charge in [-0.25, -0.2) is 0 Å². The molecule has 0 saturated carbocycles. The maximum absolute atomic E-state index is 9.89. The molecule has 1 N–H and O–H groups in total. The minimum absolute atomic E-state index is 0.269. The van der Waals surface area contributed by atoms with Crippen molar-refractivity contribution in [3.05, 3.63) is 0 Å². The van der Waals surface area contributed by atoms with Crippen LogP contribution in [0.25, 0.3) is 0 Å². The number of carbonyl (C=O) groups excluding carboxylic acids is 1. The Morgan fingerprint density at radius 3 is 2.31 bits per heavy atom. The normalized spacial score (nSPS) is 11.4. The number of ether oxygens (including phenoxy) is 1. The van der Waals surface area contributed by atoms with E-state index < -0.39 is 0 Å². The maximum atomic E-state index is 9.89. The van der Waals surface area contributed by atoms with Gasteiger partial charge >= 0.3 is 0 Å². The van der Waals surface area contributed by atoms with Crippen molar-refractivity contribution in [3.8, 4) is 0 Å². The summed E-state index contributed by atoms with van der Waals surface area (Å²) in [5.41, 5.74) is 0. The van der Waals surface area contributed by atoms with E-state index >= 15 is 0 Å². The molecule has 0 bridgehead atoms. The molecular weight excluding hydrogens is 166 g/mol. The van der Waals surface area contributed by atoms with E-state index in [0.29, 0.717) is 0 Å². The molecule has 1 atom stereocenters. The van der Waals surface area contributed by atoms with Crippen molar-refractivity contribution >= 4 is 6.29 Å². The zero-order valence-electron chi connectivity index (χ0n) is 9.30. The fourth-order valence-electron chi connectivity index (χ4n) is 0.728. The van der Waals surface area contributed by atoms with E-state index in [4.69, 9.17) is 4.74 Å². The Morgan fingerprint density at radius 1 is 1.54 bits per heavy atom. The minimum atomic E-state index is 0.269. The molecule has 1 unspecified atom stereocenters. The van der Waals surface area contributed by atoms with Gasteiger partial charge in [0.05, 0.1) is 6.61 Å². The van der Waals surface area contributed by atoms with Gasteiger partial charge in [0, 0.05) is 19.6 Å². The van der Waals surface area contributed by atoms with E-state index in [1.54, 1.807) is 7.11 Å². The van der Waals surface area contributed by atoms with Gasteiger partial charge in [-0.05, 0) is 13.5 Å². The summed E-state index contributed by atoms with van der Waals surface area (Å²) in [5.74, 6) is 0.269. The second-order valence-corrected chi connectivity index (χ2v) is 3.00. The molecule has 0 aliphatic rings. The average molecular weight is 189 g/mol. The first-order valence-electron chi connectivity index (χ1n) is 4.81. The summed E-state index contributed by atoms with van der Waals surface area (Å²) in [6.45, 7) is 5.77.